The quantitative estimate of drug-likeness (QED) is 0.538. The first-order valence-corrected chi connectivity index (χ1v) is 6.68. The van der Waals surface area contributed by atoms with E-state index < -0.39 is 20.0 Å². The molecule has 0 spiro atoms. The van der Waals surface area contributed by atoms with Gasteiger partial charge < -0.3 is 0 Å². The Hall–Kier alpha value is 0.0701. The van der Waals surface area contributed by atoms with Crippen LogP contribution in [-0.4, -0.2) is 0 Å². The topological polar surface area (TPSA) is 68.3 Å². The molecule has 0 aliphatic carbocycles. The van der Waals surface area contributed by atoms with Crippen molar-refractivity contribution in [1.82, 2.24) is 0 Å². The Morgan fingerprint density at radius 2 is 0.800 bits per heavy atom. The minimum absolute atomic E-state index is 6.28. The van der Waals surface area contributed by atoms with E-state index in [4.69, 9.17) is 11.4 Å². The fourth-order valence-corrected chi connectivity index (χ4v) is 0. The van der Waals surface area contributed by atoms with Crippen LogP contribution < -0.4 is 0 Å². The van der Waals surface area contributed by atoms with E-state index in [0.717, 1.165) is 0 Å². The van der Waals surface area contributed by atoms with Crippen molar-refractivity contribution in [1.29, 1.82) is 0 Å². The second-order valence-electron chi connectivity index (χ2n) is 0.500. The summed E-state index contributed by atoms with van der Waals surface area (Å²) in [4.78, 5) is 0. The van der Waals surface area contributed by atoms with Crippen LogP contribution in [0.4, 0.5) is 0 Å². The predicted molar refractivity (Wildman–Crippen MR) is 2.75 cm³/mol. The molecule has 0 aliphatic rings. The molecule has 0 aromatic rings. The summed E-state index contributed by atoms with van der Waals surface area (Å²) in [7, 11) is 0. The summed E-state index contributed by atoms with van der Waals surface area (Å²) >= 11 is -6.28. The van der Waals surface area contributed by atoms with Crippen molar-refractivity contribution in [2.45, 2.75) is 0 Å². The molecule has 0 fully saturated rings. The van der Waals surface area contributed by atoms with Crippen LogP contribution in [0.2, 0.25) is 0 Å². The SMILES string of the molecule is [O]=[Hf](=[O])(=[O])=[O]. The van der Waals surface area contributed by atoms with Gasteiger partial charge in [-0.2, -0.15) is 0 Å². The van der Waals surface area contributed by atoms with Gasteiger partial charge in [-0.25, -0.2) is 0 Å². The average molecular weight is 242 g/mol. The zero-order valence-electron chi connectivity index (χ0n) is 2.13. The Labute approximate surface area is 31.8 Å². The molecule has 0 unspecified atom stereocenters. The van der Waals surface area contributed by atoms with E-state index in [9.17, 15) is 0 Å². The monoisotopic (exact) mass is 244 g/mol. The van der Waals surface area contributed by atoms with Crippen molar-refractivity contribution in [2.24, 2.45) is 0 Å². The third-order valence-corrected chi connectivity index (χ3v) is 0. The van der Waals surface area contributed by atoms with Crippen molar-refractivity contribution < 1.29 is 31.4 Å². The Bertz CT molecular complexity index is 155. The van der Waals surface area contributed by atoms with Crippen LogP contribution in [0.15, 0.2) is 0 Å². The molecule has 0 aromatic carbocycles. The first kappa shape index (κ1) is 5.07. The normalized spacial score (nSPS) is 4.80. The van der Waals surface area contributed by atoms with E-state index in [2.05, 4.69) is 0 Å². The summed E-state index contributed by atoms with van der Waals surface area (Å²) in [6, 6.07) is 0. The van der Waals surface area contributed by atoms with E-state index in [0.29, 0.717) is 0 Å². The van der Waals surface area contributed by atoms with E-state index in [1.54, 1.807) is 0 Å². The summed E-state index contributed by atoms with van der Waals surface area (Å²) in [6.45, 7) is 0. The number of hydrogen-bond acceptors (Lipinski definition) is 4. The first-order valence-electron chi connectivity index (χ1n) is 0.816. The van der Waals surface area contributed by atoms with Crippen molar-refractivity contribution in [3.63, 3.8) is 0 Å². The molecule has 0 heterocycles. The molecule has 5 heteroatoms. The Morgan fingerprint density at radius 1 is 0.800 bits per heavy atom. The summed E-state index contributed by atoms with van der Waals surface area (Å²) in [5.41, 5.74) is 0. The second kappa shape index (κ2) is 1.04. The molecular weight excluding hydrogens is 242 g/mol. The molecule has 0 amide bonds. The molecule has 0 saturated carbocycles. The molecule has 5 heavy (non-hydrogen) atoms. The van der Waals surface area contributed by atoms with Crippen LogP contribution in [0, 0.1) is 0 Å². The molecule has 0 rings (SSSR count). The third kappa shape index (κ3) is 3550. The fourth-order valence-electron chi connectivity index (χ4n) is 0. The van der Waals surface area contributed by atoms with E-state index in [1.807, 2.05) is 0 Å². The molecule has 28 valence electrons. The van der Waals surface area contributed by atoms with Gasteiger partial charge in [0.05, 0.1) is 0 Å². The van der Waals surface area contributed by atoms with Gasteiger partial charge in [-0.15, -0.1) is 0 Å². The molecule has 0 aliphatic heterocycles. The van der Waals surface area contributed by atoms with Gasteiger partial charge in [-0.1, -0.05) is 0 Å². The second-order valence-corrected chi connectivity index (χ2v) is 4.09. The van der Waals surface area contributed by atoms with Crippen LogP contribution in [0.25, 0.3) is 0 Å². The first-order chi connectivity index (χ1) is 2.00. The molecular formula is HfO4. The van der Waals surface area contributed by atoms with Gasteiger partial charge in [-0.3, -0.25) is 0 Å². The molecule has 4 nitrogen and oxygen atoms in total. The standard InChI is InChI=1S/Hf.4O. The summed E-state index contributed by atoms with van der Waals surface area (Å²) in [5.74, 6) is 0. The van der Waals surface area contributed by atoms with Crippen LogP contribution >= 0.6 is 0 Å². The minimum atomic E-state index is -6.28. The van der Waals surface area contributed by atoms with E-state index in [-0.39, 0.29) is 0 Å². The molecule has 0 saturated heterocycles. The zero-order valence-corrected chi connectivity index (χ0v) is 5.73. The zero-order chi connectivity index (χ0) is 4.50. The summed E-state index contributed by atoms with van der Waals surface area (Å²) in [6.07, 6.45) is 0. The molecule has 0 N–H and O–H groups in total. The van der Waals surface area contributed by atoms with Gasteiger partial charge in [0.2, 0.25) is 0 Å². The predicted octanol–water partition coefficient (Wildman–Crippen LogP) is -0.478. The number of hydrogen-bond donors (Lipinski definition) is 0. The fraction of sp³-hybridized carbons (Fsp3) is 0. The molecule has 0 atom stereocenters. The third-order valence-electron chi connectivity index (χ3n) is 0. The average Bonchev–Trinajstić information content (AvgIpc) is 0.722. The van der Waals surface area contributed by atoms with Crippen LogP contribution in [0.3, 0.4) is 0 Å². The van der Waals surface area contributed by atoms with Gasteiger partial charge >= 0.3 is 31.4 Å². The summed E-state index contributed by atoms with van der Waals surface area (Å²) in [5, 5.41) is 0. The van der Waals surface area contributed by atoms with Gasteiger partial charge in [0.25, 0.3) is 0 Å². The maximum atomic E-state index is 8.66. The maximum absolute atomic E-state index is 8.66. The van der Waals surface area contributed by atoms with Gasteiger partial charge in [0, 0.05) is 0 Å². The molecule has 0 bridgehead atoms. The summed E-state index contributed by atoms with van der Waals surface area (Å²) < 4.78 is 34.6. The van der Waals surface area contributed by atoms with Crippen molar-refractivity contribution in [2.75, 3.05) is 0 Å². The van der Waals surface area contributed by atoms with Crippen molar-refractivity contribution in [3.05, 3.63) is 0 Å². The van der Waals surface area contributed by atoms with E-state index >= 15 is 0 Å². The molecule has 0 radical (unpaired) electrons. The van der Waals surface area contributed by atoms with E-state index in [1.165, 1.54) is 0 Å². The van der Waals surface area contributed by atoms with Gasteiger partial charge in [0.1, 0.15) is 0 Å². The van der Waals surface area contributed by atoms with Gasteiger partial charge in [-0.05, 0) is 0 Å². The van der Waals surface area contributed by atoms with Crippen LogP contribution in [-0.2, 0) is 31.4 Å². The molecule has 0 aromatic heterocycles. The number of rotatable bonds is 0. The van der Waals surface area contributed by atoms with Gasteiger partial charge in [0.15, 0.2) is 0 Å². The Morgan fingerprint density at radius 3 is 0.800 bits per heavy atom. The van der Waals surface area contributed by atoms with Crippen LogP contribution in [0.5, 0.6) is 0 Å². The van der Waals surface area contributed by atoms with Crippen LogP contribution in [0.1, 0.15) is 0 Å². The van der Waals surface area contributed by atoms with Crippen molar-refractivity contribution >= 4 is 0 Å². The Balaban J connectivity index is 6.05. The Kier molecular flexibility index (Phi) is 1.06. The van der Waals surface area contributed by atoms with Crippen molar-refractivity contribution in [3.8, 4) is 0 Å².